The summed E-state index contributed by atoms with van der Waals surface area (Å²) in [5.41, 5.74) is 0. The van der Waals surface area contributed by atoms with Crippen molar-refractivity contribution in [3.63, 3.8) is 0 Å². The summed E-state index contributed by atoms with van der Waals surface area (Å²) < 4.78 is 25.8. The van der Waals surface area contributed by atoms with Gasteiger partial charge in [-0.05, 0) is 0 Å². The molecule has 0 rings (SSSR count). The van der Waals surface area contributed by atoms with Gasteiger partial charge in [-0.15, -0.1) is 0 Å². The van der Waals surface area contributed by atoms with Gasteiger partial charge in [-0.25, -0.2) is 0 Å². The average Bonchev–Trinajstić information content (AvgIpc) is 1.54. The average molecular weight is 258 g/mol. The van der Waals surface area contributed by atoms with E-state index in [0.717, 1.165) is 0 Å². The van der Waals surface area contributed by atoms with Gasteiger partial charge < -0.3 is 11.8 Å². The van der Waals surface area contributed by atoms with Crippen LogP contribution in [0.15, 0.2) is 0 Å². The predicted molar refractivity (Wildman–Crippen MR) is 42.6 cm³/mol. The van der Waals surface area contributed by atoms with E-state index in [-0.39, 0.29) is 0 Å². The van der Waals surface area contributed by atoms with Crippen molar-refractivity contribution in [3.05, 3.63) is 11.8 Å². The molecule has 0 aromatic heterocycles. The molecule has 0 radical (unpaired) electrons. The van der Waals surface area contributed by atoms with Crippen LogP contribution in [0.2, 0.25) is 0 Å². The van der Waals surface area contributed by atoms with Crippen molar-refractivity contribution >= 4 is 0 Å². The Labute approximate surface area is 81.0 Å². The maximum absolute atomic E-state index is 8.59. The summed E-state index contributed by atoms with van der Waals surface area (Å²) in [5, 5.41) is 0. The number of hydrogen-bond donors (Lipinski definition) is 0. The zero-order valence-electron chi connectivity index (χ0n) is 8.63. The van der Waals surface area contributed by atoms with Gasteiger partial charge >= 0.3 is 27.4 Å². The minimum atomic E-state index is -4.11. The first-order valence-electron chi connectivity index (χ1n) is 3.50. The maximum atomic E-state index is 8.59. The summed E-state index contributed by atoms with van der Waals surface area (Å²) in [5.74, 6) is 2.83. The standard InChI is InChI=1S/2C4H9.Mo.3O/c2*1-4(2)3;;;;/h2*1-3H3;;;;/q2*-1;;;;. The molecule has 76 valence electrons. The zero-order chi connectivity index (χ0) is 10.7. The fourth-order valence-corrected chi connectivity index (χ4v) is 0. The van der Waals surface area contributed by atoms with Crippen LogP contribution < -0.4 is 0 Å². The van der Waals surface area contributed by atoms with Crippen molar-refractivity contribution in [2.45, 2.75) is 41.5 Å². The zero-order valence-corrected chi connectivity index (χ0v) is 10.6. The summed E-state index contributed by atoms with van der Waals surface area (Å²) in [7, 11) is 0. The molecule has 0 aliphatic heterocycles. The summed E-state index contributed by atoms with van der Waals surface area (Å²) in [4.78, 5) is 0. The van der Waals surface area contributed by atoms with Crippen molar-refractivity contribution in [2.75, 3.05) is 0 Å². The monoisotopic (exact) mass is 260 g/mol. The second-order valence-corrected chi connectivity index (χ2v) is 4.21. The molecular formula is C8H18MoO3-2. The molecule has 0 aromatic carbocycles. The quantitative estimate of drug-likeness (QED) is 0.496. The van der Waals surface area contributed by atoms with Gasteiger partial charge in [-0.3, -0.25) is 0 Å². The van der Waals surface area contributed by atoms with E-state index < -0.39 is 17.2 Å². The fourth-order valence-electron chi connectivity index (χ4n) is 0. The molecule has 0 bridgehead atoms. The number of rotatable bonds is 0. The Morgan fingerprint density at radius 3 is 0.667 bits per heavy atom. The van der Waals surface area contributed by atoms with Gasteiger partial charge in [0, 0.05) is 0 Å². The van der Waals surface area contributed by atoms with Crippen molar-refractivity contribution < 1.29 is 27.4 Å². The molecule has 0 aliphatic rings. The summed E-state index contributed by atoms with van der Waals surface area (Å²) in [6.07, 6.45) is 0. The van der Waals surface area contributed by atoms with Crippen molar-refractivity contribution in [1.82, 2.24) is 0 Å². The van der Waals surface area contributed by atoms with Gasteiger partial charge in [0.2, 0.25) is 0 Å². The minimum absolute atomic E-state index is 1.42. The van der Waals surface area contributed by atoms with Crippen molar-refractivity contribution in [2.24, 2.45) is 0 Å². The second-order valence-electron chi connectivity index (χ2n) is 3.20. The topological polar surface area (TPSA) is 51.2 Å². The van der Waals surface area contributed by atoms with Gasteiger partial charge in [0.15, 0.2) is 0 Å². The summed E-state index contributed by atoms with van der Waals surface area (Å²) in [6.45, 7) is 12.5. The van der Waals surface area contributed by atoms with Crippen LogP contribution in [0.1, 0.15) is 41.5 Å². The molecule has 0 spiro atoms. The molecule has 4 heteroatoms. The molecule has 0 unspecified atom stereocenters. The third kappa shape index (κ3) is 107000. The van der Waals surface area contributed by atoms with Gasteiger partial charge in [-0.2, -0.15) is 41.5 Å². The third-order valence-corrected chi connectivity index (χ3v) is 0. The molecule has 0 amide bonds. The van der Waals surface area contributed by atoms with Crippen LogP contribution in [0.5, 0.6) is 0 Å². The Kier molecular flexibility index (Phi) is 20.5. The summed E-state index contributed by atoms with van der Waals surface area (Å²) >= 11 is -4.11. The van der Waals surface area contributed by atoms with Crippen LogP contribution in [0.4, 0.5) is 0 Å². The van der Waals surface area contributed by atoms with Crippen LogP contribution in [0, 0.1) is 11.8 Å². The molecule has 0 aliphatic carbocycles. The van der Waals surface area contributed by atoms with Gasteiger partial charge in [0.25, 0.3) is 0 Å². The molecule has 0 atom stereocenters. The summed E-state index contributed by atoms with van der Waals surface area (Å²) in [6, 6.07) is 0. The first-order valence-corrected chi connectivity index (χ1v) is 5.96. The fraction of sp³-hybridized carbons (Fsp3) is 0.750. The molecular weight excluding hydrogens is 240 g/mol. The molecule has 0 N–H and O–H groups in total. The molecule has 0 fully saturated rings. The van der Waals surface area contributed by atoms with Crippen LogP contribution in [-0.2, 0) is 27.4 Å². The molecule has 0 saturated carbocycles. The first kappa shape index (κ1) is 18.0. The van der Waals surface area contributed by atoms with E-state index in [1.807, 2.05) is 0 Å². The van der Waals surface area contributed by atoms with Crippen molar-refractivity contribution in [3.8, 4) is 0 Å². The van der Waals surface area contributed by atoms with Crippen LogP contribution in [-0.4, -0.2) is 0 Å². The Hall–Kier alpha value is 0.0883. The van der Waals surface area contributed by atoms with Gasteiger partial charge in [0.05, 0.1) is 0 Å². The molecule has 0 heterocycles. The van der Waals surface area contributed by atoms with E-state index in [1.165, 1.54) is 11.8 Å². The Morgan fingerprint density at radius 1 is 0.667 bits per heavy atom. The van der Waals surface area contributed by atoms with Gasteiger partial charge in [0.1, 0.15) is 0 Å². The molecule has 0 saturated heterocycles. The van der Waals surface area contributed by atoms with Crippen LogP contribution >= 0.6 is 0 Å². The van der Waals surface area contributed by atoms with E-state index >= 15 is 0 Å². The van der Waals surface area contributed by atoms with Crippen LogP contribution in [0.25, 0.3) is 0 Å². The SMILES string of the molecule is C[C-](C)C.C[C-](C)C.[O]=[Mo](=[O])=[O]. The molecule has 3 nitrogen and oxygen atoms in total. The normalized spacial score (nSPS) is 8.00. The first-order chi connectivity index (χ1) is 5.20. The van der Waals surface area contributed by atoms with Gasteiger partial charge in [-0.1, -0.05) is 0 Å². The van der Waals surface area contributed by atoms with E-state index in [1.54, 1.807) is 0 Å². The Balaban J connectivity index is -0.000000101. The van der Waals surface area contributed by atoms with E-state index in [2.05, 4.69) is 41.5 Å². The predicted octanol–water partition coefficient (Wildman–Crippen LogP) is 2.88. The van der Waals surface area contributed by atoms with E-state index in [4.69, 9.17) is 10.2 Å². The Bertz CT molecular complexity index is 135. The molecule has 12 heavy (non-hydrogen) atoms. The van der Waals surface area contributed by atoms with Crippen LogP contribution in [0.3, 0.4) is 0 Å². The van der Waals surface area contributed by atoms with Crippen molar-refractivity contribution in [1.29, 1.82) is 0 Å². The van der Waals surface area contributed by atoms with E-state index in [0.29, 0.717) is 0 Å². The Morgan fingerprint density at radius 2 is 0.667 bits per heavy atom. The van der Waals surface area contributed by atoms with E-state index in [9.17, 15) is 0 Å². The molecule has 0 aromatic rings. The third-order valence-electron chi connectivity index (χ3n) is 0. The second kappa shape index (κ2) is 13.7. The number of hydrogen-bond acceptors (Lipinski definition) is 3.